The van der Waals surface area contributed by atoms with Crippen molar-refractivity contribution in [1.82, 2.24) is 30.1 Å². The summed E-state index contributed by atoms with van der Waals surface area (Å²) in [5.41, 5.74) is 8.71. The summed E-state index contributed by atoms with van der Waals surface area (Å²) in [5.74, 6) is 2.12. The number of hydrogen-bond donors (Lipinski definition) is 3. The number of anilines is 1. The summed E-state index contributed by atoms with van der Waals surface area (Å²) in [6.45, 7) is 10.2. The topological polar surface area (TPSA) is 137 Å². The van der Waals surface area contributed by atoms with E-state index in [2.05, 4.69) is 20.2 Å². The van der Waals surface area contributed by atoms with Gasteiger partial charge in [-0.3, -0.25) is 4.79 Å². The molecule has 0 atom stereocenters. The average molecular weight is 540 g/mol. The first kappa shape index (κ1) is 28.4. The fourth-order valence-electron chi connectivity index (χ4n) is 4.87. The molecule has 4 N–H and O–H groups in total. The van der Waals surface area contributed by atoms with E-state index in [1.165, 1.54) is 0 Å². The molecule has 1 aliphatic heterocycles. The van der Waals surface area contributed by atoms with Gasteiger partial charge in [-0.2, -0.15) is 0 Å². The number of fused-ring (bicyclic) bond motifs is 3. The van der Waals surface area contributed by atoms with E-state index in [0.29, 0.717) is 56.4 Å². The van der Waals surface area contributed by atoms with Gasteiger partial charge < -0.3 is 35.3 Å². The van der Waals surface area contributed by atoms with E-state index in [0.717, 1.165) is 61.0 Å². The Labute approximate surface area is 229 Å². The van der Waals surface area contributed by atoms with E-state index in [4.69, 9.17) is 20.2 Å². The van der Waals surface area contributed by atoms with Crippen LogP contribution in [0.25, 0.3) is 21.9 Å². The van der Waals surface area contributed by atoms with Crippen molar-refractivity contribution in [3.05, 3.63) is 24.0 Å². The lowest BCUT2D eigenvalue weighted by atomic mass is 10.1. The van der Waals surface area contributed by atoms with Crippen LogP contribution in [-0.2, 0) is 22.7 Å². The number of ether oxygens (including phenoxy) is 2. The molecule has 212 valence electrons. The SMILES string of the molecule is CCOCc1nc2c(N)nc3cc(OCCCN4CCCC4=O)ccc3c2n1CCCCNC(=O)NC(C)C. The number of nitrogens with zero attached hydrogens (tertiary/aromatic N) is 4. The Kier molecular flexibility index (Phi) is 9.80. The minimum atomic E-state index is -0.150. The minimum absolute atomic E-state index is 0.0994. The molecule has 2 aromatic heterocycles. The number of aryl methyl sites for hydroxylation is 1. The molecule has 1 aliphatic rings. The zero-order valence-corrected chi connectivity index (χ0v) is 23.3. The normalized spacial score (nSPS) is 13.6. The van der Waals surface area contributed by atoms with Crippen molar-refractivity contribution in [2.24, 2.45) is 0 Å². The number of benzene rings is 1. The number of carbonyl (C=O) groups excluding carboxylic acids is 2. The van der Waals surface area contributed by atoms with Gasteiger partial charge in [0, 0.05) is 56.7 Å². The highest BCUT2D eigenvalue weighted by atomic mass is 16.5. The molecule has 0 bridgehead atoms. The number of carbonyl (C=O) groups is 2. The molecule has 0 aliphatic carbocycles. The van der Waals surface area contributed by atoms with Crippen LogP contribution in [0.5, 0.6) is 5.75 Å². The molecule has 0 saturated carbocycles. The van der Waals surface area contributed by atoms with Crippen LogP contribution in [0.3, 0.4) is 0 Å². The van der Waals surface area contributed by atoms with Crippen molar-refractivity contribution in [3.63, 3.8) is 0 Å². The molecule has 0 spiro atoms. The Bertz CT molecular complexity index is 1290. The highest BCUT2D eigenvalue weighted by Crippen LogP contribution is 2.31. The number of aromatic nitrogens is 3. The number of imidazole rings is 1. The lowest BCUT2D eigenvalue weighted by molar-refractivity contribution is -0.127. The highest BCUT2D eigenvalue weighted by Gasteiger charge is 2.20. The summed E-state index contributed by atoms with van der Waals surface area (Å²) in [4.78, 5) is 35.0. The molecule has 1 fully saturated rings. The quantitative estimate of drug-likeness (QED) is 0.266. The number of pyridine rings is 1. The number of likely N-dealkylation sites (tertiary alicyclic amines) is 1. The van der Waals surface area contributed by atoms with Gasteiger partial charge in [-0.05, 0) is 58.6 Å². The number of unbranched alkanes of at least 4 members (excludes halogenated alkanes) is 1. The summed E-state index contributed by atoms with van der Waals surface area (Å²) < 4.78 is 13.8. The van der Waals surface area contributed by atoms with Crippen molar-refractivity contribution >= 4 is 39.7 Å². The van der Waals surface area contributed by atoms with Gasteiger partial charge in [-0.15, -0.1) is 0 Å². The summed E-state index contributed by atoms with van der Waals surface area (Å²) in [7, 11) is 0. The number of rotatable bonds is 14. The Hall–Kier alpha value is -3.60. The van der Waals surface area contributed by atoms with Gasteiger partial charge in [0.15, 0.2) is 5.82 Å². The fourth-order valence-corrected chi connectivity index (χ4v) is 4.87. The number of hydrogen-bond acceptors (Lipinski definition) is 7. The first-order valence-electron chi connectivity index (χ1n) is 14.0. The second kappa shape index (κ2) is 13.5. The number of amides is 3. The molecule has 0 radical (unpaired) electrons. The zero-order valence-electron chi connectivity index (χ0n) is 23.3. The maximum absolute atomic E-state index is 11.9. The molecule has 3 heterocycles. The van der Waals surface area contributed by atoms with Gasteiger partial charge in [-0.1, -0.05) is 0 Å². The summed E-state index contributed by atoms with van der Waals surface area (Å²) in [6, 6.07) is 5.80. The molecule has 11 nitrogen and oxygen atoms in total. The first-order chi connectivity index (χ1) is 18.9. The van der Waals surface area contributed by atoms with Crippen LogP contribution >= 0.6 is 0 Å². The first-order valence-corrected chi connectivity index (χ1v) is 14.0. The molecule has 0 unspecified atom stereocenters. The second-order valence-electron chi connectivity index (χ2n) is 10.1. The van der Waals surface area contributed by atoms with Crippen LogP contribution in [-0.4, -0.2) is 70.3 Å². The molecule has 4 rings (SSSR count). The molecule has 1 saturated heterocycles. The minimum Gasteiger partial charge on any atom is -0.493 e. The highest BCUT2D eigenvalue weighted by molar-refractivity contribution is 6.06. The fraction of sp³-hybridized carbons (Fsp3) is 0.571. The standard InChI is InChI=1S/C28H41N7O4/c1-4-38-18-23-33-25-26(35(23)15-6-5-12-30-28(37)31-19(2)3)21-11-10-20(17-22(21)32-27(25)29)39-16-8-14-34-13-7-9-24(34)36/h10-11,17,19H,4-9,12-16,18H2,1-3H3,(H2,29,32)(H2,30,31,37). The van der Waals surface area contributed by atoms with Gasteiger partial charge in [0.25, 0.3) is 0 Å². The average Bonchev–Trinajstić information content (AvgIpc) is 3.48. The van der Waals surface area contributed by atoms with Crippen molar-refractivity contribution in [2.45, 2.75) is 72.1 Å². The van der Waals surface area contributed by atoms with E-state index in [9.17, 15) is 9.59 Å². The molecular formula is C28H41N7O4. The molecular weight excluding hydrogens is 498 g/mol. The van der Waals surface area contributed by atoms with Crippen LogP contribution in [0.2, 0.25) is 0 Å². The lowest BCUT2D eigenvalue weighted by Crippen LogP contribution is -2.39. The molecule has 3 amide bonds. The third-order valence-electron chi connectivity index (χ3n) is 6.72. The second-order valence-corrected chi connectivity index (χ2v) is 10.1. The third kappa shape index (κ3) is 7.29. The van der Waals surface area contributed by atoms with Crippen LogP contribution < -0.4 is 21.1 Å². The van der Waals surface area contributed by atoms with Gasteiger partial charge in [0.05, 0.1) is 17.6 Å². The van der Waals surface area contributed by atoms with Gasteiger partial charge >= 0.3 is 6.03 Å². The van der Waals surface area contributed by atoms with E-state index in [1.54, 1.807) is 0 Å². The zero-order chi connectivity index (χ0) is 27.8. The predicted octanol–water partition coefficient (Wildman–Crippen LogP) is 3.58. The molecule has 11 heteroatoms. The molecule has 1 aromatic carbocycles. The summed E-state index contributed by atoms with van der Waals surface area (Å²) in [6.07, 6.45) is 4.04. The van der Waals surface area contributed by atoms with E-state index < -0.39 is 0 Å². The number of nitrogen functional groups attached to an aromatic ring is 1. The number of nitrogens with two attached hydrogens (primary N) is 1. The van der Waals surface area contributed by atoms with E-state index in [-0.39, 0.29) is 18.0 Å². The van der Waals surface area contributed by atoms with E-state index in [1.807, 2.05) is 43.9 Å². The van der Waals surface area contributed by atoms with Crippen LogP contribution in [0.1, 0.15) is 58.7 Å². The van der Waals surface area contributed by atoms with E-state index >= 15 is 0 Å². The lowest BCUT2D eigenvalue weighted by Gasteiger charge is -2.15. The Morgan fingerprint density at radius 1 is 1.18 bits per heavy atom. The predicted molar refractivity (Wildman–Crippen MR) is 152 cm³/mol. The van der Waals surface area contributed by atoms with Crippen molar-refractivity contribution in [3.8, 4) is 5.75 Å². The van der Waals surface area contributed by atoms with Gasteiger partial charge in [-0.25, -0.2) is 14.8 Å². The van der Waals surface area contributed by atoms with Crippen molar-refractivity contribution in [2.75, 3.05) is 38.6 Å². The largest absolute Gasteiger partial charge is 0.493 e. The van der Waals surface area contributed by atoms with Crippen LogP contribution in [0.4, 0.5) is 10.6 Å². The Balaban J connectivity index is 1.47. The van der Waals surface area contributed by atoms with Crippen LogP contribution in [0, 0.1) is 0 Å². The maximum atomic E-state index is 11.9. The van der Waals surface area contributed by atoms with Gasteiger partial charge in [0.1, 0.15) is 23.7 Å². The maximum Gasteiger partial charge on any atom is 0.314 e. The van der Waals surface area contributed by atoms with Crippen molar-refractivity contribution in [1.29, 1.82) is 0 Å². The molecule has 39 heavy (non-hydrogen) atoms. The monoisotopic (exact) mass is 539 g/mol. The number of urea groups is 1. The Morgan fingerprint density at radius 2 is 2.03 bits per heavy atom. The van der Waals surface area contributed by atoms with Gasteiger partial charge in [0.2, 0.25) is 5.91 Å². The molecule has 3 aromatic rings. The smallest absolute Gasteiger partial charge is 0.314 e. The summed E-state index contributed by atoms with van der Waals surface area (Å²) in [5, 5.41) is 6.68. The third-order valence-corrected chi connectivity index (χ3v) is 6.72. The Morgan fingerprint density at radius 3 is 2.77 bits per heavy atom. The number of nitrogens with one attached hydrogen (secondary N) is 2. The van der Waals surface area contributed by atoms with Crippen LogP contribution in [0.15, 0.2) is 18.2 Å². The summed E-state index contributed by atoms with van der Waals surface area (Å²) >= 11 is 0. The van der Waals surface area contributed by atoms with Crippen molar-refractivity contribution < 1.29 is 19.1 Å².